The average molecular weight is 495 g/mol. The van der Waals surface area contributed by atoms with Crippen LogP contribution < -0.4 is 5.32 Å². The number of halogens is 1. The Bertz CT molecular complexity index is 1390. The van der Waals surface area contributed by atoms with Crippen molar-refractivity contribution in [2.24, 2.45) is 0 Å². The fourth-order valence-electron chi connectivity index (χ4n) is 4.27. The molecule has 0 saturated carbocycles. The molecule has 8 nitrogen and oxygen atoms in total. The van der Waals surface area contributed by atoms with E-state index in [0.29, 0.717) is 37.2 Å². The Kier molecular flexibility index (Phi) is 6.82. The molecule has 1 saturated heterocycles. The van der Waals surface area contributed by atoms with E-state index in [1.807, 2.05) is 6.07 Å². The predicted molar refractivity (Wildman–Crippen MR) is 128 cm³/mol. The summed E-state index contributed by atoms with van der Waals surface area (Å²) >= 11 is 0. The number of rotatable bonds is 5. The first kappa shape index (κ1) is 24.3. The summed E-state index contributed by atoms with van der Waals surface area (Å²) in [6.07, 6.45) is 2.55. The van der Waals surface area contributed by atoms with Gasteiger partial charge in [-0.05, 0) is 67.6 Å². The lowest BCUT2D eigenvalue weighted by Gasteiger charge is -2.33. The van der Waals surface area contributed by atoms with Gasteiger partial charge in [0.05, 0.1) is 22.9 Å². The van der Waals surface area contributed by atoms with Gasteiger partial charge in [0, 0.05) is 30.5 Å². The molecule has 1 amide bonds. The minimum atomic E-state index is -4.61. The van der Waals surface area contributed by atoms with Crippen LogP contribution in [0.3, 0.4) is 0 Å². The molecule has 2 N–H and O–H groups in total. The molecule has 2 aromatic carbocycles. The van der Waals surface area contributed by atoms with Crippen LogP contribution in [0.5, 0.6) is 0 Å². The molecule has 2 heterocycles. The monoisotopic (exact) mass is 494 g/mol. The van der Waals surface area contributed by atoms with Crippen LogP contribution in [-0.4, -0.2) is 41.9 Å². The zero-order chi connectivity index (χ0) is 25.2. The van der Waals surface area contributed by atoms with Gasteiger partial charge < -0.3 is 10.2 Å². The summed E-state index contributed by atoms with van der Waals surface area (Å²) in [4.78, 5) is 19.0. The first-order chi connectivity index (χ1) is 16.7. The third-order valence-electron chi connectivity index (χ3n) is 6.16. The first-order valence-corrected chi connectivity index (χ1v) is 12.4. The number of piperidine rings is 1. The Hall–Kier alpha value is -3.81. The van der Waals surface area contributed by atoms with Gasteiger partial charge in [0.2, 0.25) is 0 Å². The van der Waals surface area contributed by atoms with Crippen LogP contribution in [0, 0.1) is 24.1 Å². The smallest absolute Gasteiger partial charge is 0.312 e. The van der Waals surface area contributed by atoms with E-state index in [-0.39, 0.29) is 34.5 Å². The van der Waals surface area contributed by atoms with Crippen molar-refractivity contribution in [3.63, 3.8) is 0 Å². The van der Waals surface area contributed by atoms with Crippen LogP contribution in [0.2, 0.25) is 0 Å². The van der Waals surface area contributed by atoms with Crippen molar-refractivity contribution in [2.75, 3.05) is 18.4 Å². The highest BCUT2D eigenvalue weighted by atomic mass is 32.2. The number of hydrogen-bond acceptors (Lipinski definition) is 6. The Morgan fingerprint density at radius 2 is 1.77 bits per heavy atom. The van der Waals surface area contributed by atoms with Crippen molar-refractivity contribution in [3.05, 3.63) is 82.8 Å². The molecule has 0 aliphatic carbocycles. The number of likely N-dealkylation sites (tertiary alicyclic amines) is 1. The minimum Gasteiger partial charge on any atom is -0.355 e. The molecule has 0 unspecified atom stereocenters. The van der Waals surface area contributed by atoms with E-state index in [1.54, 1.807) is 41.3 Å². The lowest BCUT2D eigenvalue weighted by atomic mass is 9.89. The predicted octanol–water partition coefficient (Wildman–Crippen LogP) is 4.41. The van der Waals surface area contributed by atoms with E-state index in [0.717, 1.165) is 11.8 Å². The number of nitrogens with one attached hydrogen (secondary N) is 1. The van der Waals surface area contributed by atoms with Gasteiger partial charge >= 0.3 is 10.1 Å². The molecule has 0 atom stereocenters. The fraction of sp³-hybridized carbons (Fsp3) is 0.240. The number of anilines is 2. The lowest BCUT2D eigenvalue weighted by Crippen LogP contribution is -2.38. The minimum absolute atomic E-state index is 0.101. The number of carbonyl (C=O) groups excluding carboxylic acids is 1. The van der Waals surface area contributed by atoms with E-state index in [2.05, 4.69) is 10.3 Å². The topological polar surface area (TPSA) is 123 Å². The van der Waals surface area contributed by atoms with Gasteiger partial charge in [0.25, 0.3) is 5.91 Å². The summed E-state index contributed by atoms with van der Waals surface area (Å²) < 4.78 is 46.5. The first-order valence-electron chi connectivity index (χ1n) is 11.0. The van der Waals surface area contributed by atoms with Crippen molar-refractivity contribution in [1.29, 1.82) is 5.26 Å². The molecular weight excluding hydrogens is 471 g/mol. The van der Waals surface area contributed by atoms with Crippen LogP contribution in [0.4, 0.5) is 15.8 Å². The third kappa shape index (κ3) is 5.31. The number of amides is 1. The van der Waals surface area contributed by atoms with Crippen LogP contribution in [0.1, 0.15) is 45.8 Å². The Morgan fingerprint density at radius 3 is 2.34 bits per heavy atom. The molecule has 35 heavy (non-hydrogen) atoms. The zero-order valence-corrected chi connectivity index (χ0v) is 19.7. The molecule has 4 rings (SSSR count). The van der Waals surface area contributed by atoms with E-state index in [9.17, 15) is 22.2 Å². The second kappa shape index (κ2) is 9.82. The fourth-order valence-corrected chi connectivity index (χ4v) is 4.95. The zero-order valence-electron chi connectivity index (χ0n) is 18.9. The summed E-state index contributed by atoms with van der Waals surface area (Å²) in [6.45, 7) is 2.40. The maximum atomic E-state index is 13.5. The number of nitriles is 1. The van der Waals surface area contributed by atoms with E-state index < -0.39 is 15.1 Å². The number of carbonyl (C=O) groups is 1. The Balaban J connectivity index is 1.61. The molecule has 1 aliphatic heterocycles. The Labute approximate surface area is 202 Å². The number of pyridine rings is 1. The average Bonchev–Trinajstić information content (AvgIpc) is 2.85. The molecule has 3 aromatic rings. The molecule has 0 bridgehead atoms. The van der Waals surface area contributed by atoms with E-state index in [4.69, 9.17) is 5.26 Å². The van der Waals surface area contributed by atoms with Gasteiger partial charge in [0.1, 0.15) is 5.82 Å². The molecule has 0 spiro atoms. The highest BCUT2D eigenvalue weighted by Crippen LogP contribution is 2.32. The summed E-state index contributed by atoms with van der Waals surface area (Å²) in [5, 5.41) is 11.5. The Morgan fingerprint density at radius 1 is 1.14 bits per heavy atom. The van der Waals surface area contributed by atoms with Gasteiger partial charge in [-0.3, -0.25) is 9.35 Å². The quantitative estimate of drug-likeness (QED) is 0.504. The second-order valence-corrected chi connectivity index (χ2v) is 9.72. The standard InChI is InChI=1S/C25H23FN4O4S/c1-16-23(29-21-8-2-17(14-27)3-9-21)22(15-28-24(16)35(32,33)34)25(31)30-12-10-19(11-13-30)18-4-6-20(26)7-5-18/h2-9,15,19H,10-13H2,1H3,(H,28,29)(H,32,33,34). The van der Waals surface area contributed by atoms with Crippen LogP contribution >= 0.6 is 0 Å². The van der Waals surface area contributed by atoms with Crippen molar-refractivity contribution in [1.82, 2.24) is 9.88 Å². The van der Waals surface area contributed by atoms with Crippen LogP contribution in [-0.2, 0) is 10.1 Å². The number of hydrogen-bond donors (Lipinski definition) is 2. The van der Waals surface area contributed by atoms with Crippen LogP contribution in [0.25, 0.3) is 0 Å². The van der Waals surface area contributed by atoms with E-state index in [1.165, 1.54) is 19.1 Å². The highest BCUT2D eigenvalue weighted by molar-refractivity contribution is 7.85. The van der Waals surface area contributed by atoms with Crippen molar-refractivity contribution in [3.8, 4) is 6.07 Å². The maximum absolute atomic E-state index is 13.5. The maximum Gasteiger partial charge on any atom is 0.312 e. The summed E-state index contributed by atoms with van der Waals surface area (Å²) in [5.74, 6) is -0.409. The molecule has 1 fully saturated rings. The van der Waals surface area contributed by atoms with Gasteiger partial charge in [0.15, 0.2) is 5.03 Å². The highest BCUT2D eigenvalue weighted by Gasteiger charge is 2.29. The third-order valence-corrected chi connectivity index (χ3v) is 7.06. The molecule has 180 valence electrons. The van der Waals surface area contributed by atoms with Gasteiger partial charge in [-0.1, -0.05) is 12.1 Å². The number of benzene rings is 2. The van der Waals surface area contributed by atoms with Crippen molar-refractivity contribution in [2.45, 2.75) is 30.7 Å². The van der Waals surface area contributed by atoms with Gasteiger partial charge in [-0.2, -0.15) is 13.7 Å². The van der Waals surface area contributed by atoms with Crippen molar-refractivity contribution < 1.29 is 22.2 Å². The molecule has 1 aromatic heterocycles. The van der Waals surface area contributed by atoms with E-state index >= 15 is 0 Å². The second-order valence-electron chi connectivity index (χ2n) is 8.38. The summed E-state index contributed by atoms with van der Waals surface area (Å²) in [7, 11) is -4.61. The summed E-state index contributed by atoms with van der Waals surface area (Å²) in [6, 6.07) is 14.8. The SMILES string of the molecule is Cc1c(S(=O)(=O)O)ncc(C(=O)N2CCC(c3ccc(F)cc3)CC2)c1Nc1ccc(C#N)cc1. The number of nitrogens with zero attached hydrogens (tertiary/aromatic N) is 3. The lowest BCUT2D eigenvalue weighted by molar-refractivity contribution is 0.0713. The molecular formula is C25H23FN4O4S. The molecule has 10 heteroatoms. The normalized spacial score (nSPS) is 14.4. The summed E-state index contributed by atoms with van der Waals surface area (Å²) in [5.41, 5.74) is 2.48. The van der Waals surface area contributed by atoms with Gasteiger partial charge in [-0.15, -0.1) is 0 Å². The molecule has 1 aliphatic rings. The van der Waals surface area contributed by atoms with Crippen molar-refractivity contribution >= 4 is 27.4 Å². The van der Waals surface area contributed by atoms with Crippen LogP contribution in [0.15, 0.2) is 59.8 Å². The molecule has 0 radical (unpaired) electrons. The largest absolute Gasteiger partial charge is 0.355 e. The number of aromatic nitrogens is 1. The van der Waals surface area contributed by atoms with Gasteiger partial charge in [-0.25, -0.2) is 9.37 Å².